The molecule has 0 saturated carbocycles. The molecule has 0 bridgehead atoms. The molecule has 1 atom stereocenters. The summed E-state index contributed by atoms with van der Waals surface area (Å²) < 4.78 is 0. The van der Waals surface area contributed by atoms with E-state index < -0.39 is 0 Å². The summed E-state index contributed by atoms with van der Waals surface area (Å²) in [4.78, 5) is 16.3. The Morgan fingerprint density at radius 2 is 2.29 bits per heavy atom. The third-order valence-electron chi connectivity index (χ3n) is 3.89. The fraction of sp³-hybridized carbons (Fsp3) is 0.667. The van der Waals surface area contributed by atoms with Crippen molar-refractivity contribution in [2.75, 3.05) is 44.0 Å². The predicted molar refractivity (Wildman–Crippen MR) is 93.8 cm³/mol. The minimum Gasteiger partial charge on any atom is -0.396 e. The highest BCUT2D eigenvalue weighted by Gasteiger charge is 2.24. The monoisotopic (exact) mass is 327 g/mol. The standard InChI is InChI=1S/C15H25N3OS2/c1-9(2)12(19)13-11(16)14(20-4)15(21-13)17-7-10-5-6-18(3)8-10/h9-10,17H,5-8,16H2,1-4H3. The summed E-state index contributed by atoms with van der Waals surface area (Å²) in [6.07, 6.45) is 3.24. The van der Waals surface area contributed by atoms with Gasteiger partial charge in [-0.05, 0) is 32.2 Å². The zero-order chi connectivity index (χ0) is 15.6. The third-order valence-corrected chi connectivity index (χ3v) is 6.03. The molecule has 0 aliphatic carbocycles. The van der Waals surface area contributed by atoms with E-state index in [0.29, 0.717) is 16.5 Å². The molecule has 1 fully saturated rings. The highest BCUT2D eigenvalue weighted by molar-refractivity contribution is 7.99. The maximum atomic E-state index is 12.2. The van der Waals surface area contributed by atoms with Crippen LogP contribution in [0.4, 0.5) is 10.7 Å². The van der Waals surface area contributed by atoms with Crippen LogP contribution in [0.15, 0.2) is 4.90 Å². The predicted octanol–water partition coefficient (Wildman–Crippen LogP) is 3.25. The number of hydrogen-bond donors (Lipinski definition) is 2. The van der Waals surface area contributed by atoms with Crippen molar-refractivity contribution < 1.29 is 4.79 Å². The van der Waals surface area contributed by atoms with E-state index in [0.717, 1.165) is 23.0 Å². The number of carbonyl (C=O) groups is 1. The number of likely N-dealkylation sites (tertiary alicyclic amines) is 1. The zero-order valence-electron chi connectivity index (χ0n) is 13.2. The van der Waals surface area contributed by atoms with Crippen molar-refractivity contribution in [3.8, 4) is 0 Å². The first-order valence-corrected chi connectivity index (χ1v) is 9.41. The van der Waals surface area contributed by atoms with Crippen LogP contribution in [0.3, 0.4) is 0 Å². The number of rotatable bonds is 6. The summed E-state index contributed by atoms with van der Waals surface area (Å²) in [5.41, 5.74) is 6.83. The van der Waals surface area contributed by atoms with Gasteiger partial charge in [0.1, 0.15) is 5.00 Å². The first kappa shape index (κ1) is 16.6. The van der Waals surface area contributed by atoms with E-state index in [1.54, 1.807) is 11.8 Å². The van der Waals surface area contributed by atoms with Crippen LogP contribution < -0.4 is 11.1 Å². The van der Waals surface area contributed by atoms with E-state index in [1.165, 1.54) is 24.3 Å². The number of thioether (sulfide) groups is 1. The Morgan fingerprint density at radius 1 is 1.57 bits per heavy atom. The number of carbonyl (C=O) groups excluding carboxylic acids is 1. The van der Waals surface area contributed by atoms with E-state index in [9.17, 15) is 4.79 Å². The number of nitrogens with one attached hydrogen (secondary N) is 1. The lowest BCUT2D eigenvalue weighted by atomic mass is 10.1. The molecule has 118 valence electrons. The van der Waals surface area contributed by atoms with Crippen molar-refractivity contribution >= 4 is 39.6 Å². The second kappa shape index (κ2) is 7.03. The maximum absolute atomic E-state index is 12.2. The van der Waals surface area contributed by atoms with Crippen molar-refractivity contribution in [1.29, 1.82) is 0 Å². The first-order chi connectivity index (χ1) is 9.93. The lowest BCUT2D eigenvalue weighted by Crippen LogP contribution is -2.18. The molecule has 1 aromatic rings. The molecular formula is C15H25N3OS2. The molecule has 2 rings (SSSR count). The van der Waals surface area contributed by atoms with Gasteiger partial charge in [-0.1, -0.05) is 13.8 Å². The summed E-state index contributed by atoms with van der Waals surface area (Å²) in [5.74, 6) is 0.802. The SMILES string of the molecule is CSc1c(NCC2CCN(C)C2)sc(C(=O)C(C)C)c1N. The molecule has 4 nitrogen and oxygen atoms in total. The Kier molecular flexibility index (Phi) is 5.57. The van der Waals surface area contributed by atoms with Crippen LogP contribution in [0.1, 0.15) is 29.9 Å². The molecule has 1 aliphatic rings. The molecule has 1 aliphatic heterocycles. The molecule has 6 heteroatoms. The quantitative estimate of drug-likeness (QED) is 0.620. The van der Waals surface area contributed by atoms with E-state index in [2.05, 4.69) is 17.3 Å². The number of hydrogen-bond acceptors (Lipinski definition) is 6. The van der Waals surface area contributed by atoms with Crippen molar-refractivity contribution in [2.45, 2.75) is 25.2 Å². The van der Waals surface area contributed by atoms with Crippen LogP contribution in [-0.4, -0.2) is 43.6 Å². The second-order valence-electron chi connectivity index (χ2n) is 6.02. The highest BCUT2D eigenvalue weighted by atomic mass is 32.2. The molecular weight excluding hydrogens is 302 g/mol. The summed E-state index contributed by atoms with van der Waals surface area (Å²) >= 11 is 3.13. The van der Waals surface area contributed by atoms with Gasteiger partial charge in [0, 0.05) is 19.0 Å². The molecule has 21 heavy (non-hydrogen) atoms. The van der Waals surface area contributed by atoms with Gasteiger partial charge in [0.25, 0.3) is 0 Å². The number of thiophene rings is 1. The van der Waals surface area contributed by atoms with Crippen molar-refractivity contribution in [1.82, 2.24) is 4.90 Å². The Bertz CT molecular complexity index is 513. The molecule has 0 spiro atoms. The Labute approximate surface area is 135 Å². The summed E-state index contributed by atoms with van der Waals surface area (Å²) in [5, 5.41) is 4.57. The topological polar surface area (TPSA) is 58.4 Å². The van der Waals surface area contributed by atoms with E-state index in [1.807, 2.05) is 20.1 Å². The Morgan fingerprint density at radius 3 is 2.81 bits per heavy atom. The molecule has 1 unspecified atom stereocenters. The molecule has 0 radical (unpaired) electrons. The van der Waals surface area contributed by atoms with Crippen LogP contribution in [-0.2, 0) is 0 Å². The van der Waals surface area contributed by atoms with E-state index >= 15 is 0 Å². The largest absolute Gasteiger partial charge is 0.396 e. The molecule has 2 heterocycles. The van der Waals surface area contributed by atoms with Gasteiger partial charge >= 0.3 is 0 Å². The number of nitrogens with zero attached hydrogens (tertiary/aromatic N) is 1. The number of nitrogens with two attached hydrogens (primary N) is 1. The Balaban J connectivity index is 2.11. The van der Waals surface area contributed by atoms with Crippen LogP contribution in [0.5, 0.6) is 0 Å². The molecule has 0 aromatic carbocycles. The number of nitrogen functional groups attached to an aromatic ring is 1. The Hall–Kier alpha value is -0.720. The van der Waals surface area contributed by atoms with Gasteiger partial charge in [-0.3, -0.25) is 4.79 Å². The maximum Gasteiger partial charge on any atom is 0.177 e. The van der Waals surface area contributed by atoms with E-state index in [4.69, 9.17) is 5.73 Å². The number of anilines is 2. The average Bonchev–Trinajstić information content (AvgIpc) is 2.99. The van der Waals surface area contributed by atoms with Crippen molar-refractivity contribution in [2.24, 2.45) is 11.8 Å². The third kappa shape index (κ3) is 3.73. The van der Waals surface area contributed by atoms with Crippen LogP contribution >= 0.6 is 23.1 Å². The lowest BCUT2D eigenvalue weighted by molar-refractivity contribution is 0.0944. The summed E-state index contributed by atoms with van der Waals surface area (Å²) in [7, 11) is 2.16. The average molecular weight is 328 g/mol. The fourth-order valence-electron chi connectivity index (χ4n) is 2.62. The molecule has 1 saturated heterocycles. The lowest BCUT2D eigenvalue weighted by Gasteiger charge is -2.12. The molecule has 0 amide bonds. The van der Waals surface area contributed by atoms with Gasteiger partial charge < -0.3 is 16.0 Å². The van der Waals surface area contributed by atoms with Crippen LogP contribution in [0, 0.1) is 11.8 Å². The van der Waals surface area contributed by atoms with Gasteiger partial charge in [0.15, 0.2) is 5.78 Å². The van der Waals surface area contributed by atoms with Crippen molar-refractivity contribution in [3.05, 3.63) is 4.88 Å². The van der Waals surface area contributed by atoms with Crippen LogP contribution in [0.25, 0.3) is 0 Å². The first-order valence-electron chi connectivity index (χ1n) is 7.36. The highest BCUT2D eigenvalue weighted by Crippen LogP contribution is 2.42. The number of Topliss-reactive ketones (excluding diaryl/α,β-unsaturated/α-hetero) is 1. The smallest absolute Gasteiger partial charge is 0.177 e. The minimum atomic E-state index is -0.0167. The summed E-state index contributed by atoms with van der Waals surface area (Å²) in [6.45, 7) is 7.10. The van der Waals surface area contributed by atoms with Crippen LogP contribution in [0.2, 0.25) is 0 Å². The molecule has 3 N–H and O–H groups in total. The fourth-order valence-corrected chi connectivity index (χ4v) is 4.75. The number of ketones is 1. The minimum absolute atomic E-state index is 0.0167. The second-order valence-corrected chi connectivity index (χ2v) is 7.86. The normalized spacial score (nSPS) is 19.4. The van der Waals surface area contributed by atoms with E-state index in [-0.39, 0.29) is 11.7 Å². The van der Waals surface area contributed by atoms with Gasteiger partial charge in [-0.25, -0.2) is 0 Å². The zero-order valence-corrected chi connectivity index (χ0v) is 14.9. The van der Waals surface area contributed by atoms with Crippen molar-refractivity contribution in [3.63, 3.8) is 0 Å². The summed E-state index contributed by atoms with van der Waals surface area (Å²) in [6, 6.07) is 0. The van der Waals surface area contributed by atoms with Gasteiger partial charge in [-0.15, -0.1) is 23.1 Å². The van der Waals surface area contributed by atoms with Gasteiger partial charge in [0.05, 0.1) is 15.5 Å². The van der Waals surface area contributed by atoms with Gasteiger partial charge in [-0.2, -0.15) is 0 Å². The van der Waals surface area contributed by atoms with Gasteiger partial charge in [0.2, 0.25) is 0 Å². The molecule has 1 aromatic heterocycles.